The van der Waals surface area contributed by atoms with Crippen molar-refractivity contribution in [1.82, 2.24) is 4.90 Å². The normalized spacial score (nSPS) is 23.0. The zero-order chi connectivity index (χ0) is 13.5. The van der Waals surface area contributed by atoms with Crippen molar-refractivity contribution in [1.29, 1.82) is 0 Å². The predicted octanol–water partition coefficient (Wildman–Crippen LogP) is -0.914. The fourth-order valence-electron chi connectivity index (χ4n) is 1.72. The first kappa shape index (κ1) is 14.9. The molecule has 18 heavy (non-hydrogen) atoms. The van der Waals surface area contributed by atoms with Crippen LogP contribution in [0, 0.1) is 0 Å². The number of likely N-dealkylation sites (N-methyl/N-ethyl adjacent to an activating group) is 1. The SMILES string of the molecule is CN(CCOCCO)C(=O)[C@@H]1CC[C@H](C(=O)O)O1. The van der Waals surface area contributed by atoms with Crippen LogP contribution in [0.25, 0.3) is 0 Å². The minimum absolute atomic E-state index is 0.0519. The molecule has 0 spiro atoms. The van der Waals surface area contributed by atoms with Gasteiger partial charge in [-0.1, -0.05) is 0 Å². The Bertz CT molecular complexity index is 295. The van der Waals surface area contributed by atoms with Gasteiger partial charge in [0.2, 0.25) is 0 Å². The number of aliphatic hydroxyl groups is 1. The zero-order valence-electron chi connectivity index (χ0n) is 10.4. The van der Waals surface area contributed by atoms with E-state index < -0.39 is 18.2 Å². The van der Waals surface area contributed by atoms with E-state index in [4.69, 9.17) is 19.7 Å². The maximum Gasteiger partial charge on any atom is 0.332 e. The van der Waals surface area contributed by atoms with E-state index in [9.17, 15) is 9.59 Å². The van der Waals surface area contributed by atoms with Crippen molar-refractivity contribution in [2.45, 2.75) is 25.0 Å². The van der Waals surface area contributed by atoms with Gasteiger partial charge in [-0.25, -0.2) is 4.79 Å². The summed E-state index contributed by atoms with van der Waals surface area (Å²) in [6, 6.07) is 0. The number of hydrogen-bond acceptors (Lipinski definition) is 5. The van der Waals surface area contributed by atoms with Gasteiger partial charge in [-0.2, -0.15) is 0 Å². The maximum atomic E-state index is 11.9. The van der Waals surface area contributed by atoms with Crippen LogP contribution in [0.1, 0.15) is 12.8 Å². The van der Waals surface area contributed by atoms with Crippen LogP contribution in [0.15, 0.2) is 0 Å². The molecule has 2 N–H and O–H groups in total. The fraction of sp³-hybridized carbons (Fsp3) is 0.818. The Morgan fingerprint density at radius 3 is 2.56 bits per heavy atom. The van der Waals surface area contributed by atoms with Gasteiger partial charge in [0.05, 0.1) is 19.8 Å². The highest BCUT2D eigenvalue weighted by Gasteiger charge is 2.35. The Morgan fingerprint density at radius 1 is 1.33 bits per heavy atom. The van der Waals surface area contributed by atoms with E-state index in [1.165, 1.54) is 4.90 Å². The lowest BCUT2D eigenvalue weighted by Gasteiger charge is -2.20. The van der Waals surface area contributed by atoms with Gasteiger partial charge in [0, 0.05) is 13.6 Å². The van der Waals surface area contributed by atoms with Crippen LogP contribution in [0.3, 0.4) is 0 Å². The molecule has 1 heterocycles. The summed E-state index contributed by atoms with van der Waals surface area (Å²) in [5.74, 6) is -1.26. The van der Waals surface area contributed by atoms with Crippen LogP contribution < -0.4 is 0 Å². The lowest BCUT2D eigenvalue weighted by atomic mass is 10.2. The minimum Gasteiger partial charge on any atom is -0.479 e. The van der Waals surface area contributed by atoms with Gasteiger partial charge in [0.25, 0.3) is 5.91 Å². The van der Waals surface area contributed by atoms with Gasteiger partial charge in [-0.15, -0.1) is 0 Å². The van der Waals surface area contributed by atoms with E-state index in [1.807, 2.05) is 0 Å². The van der Waals surface area contributed by atoms with E-state index in [1.54, 1.807) is 7.05 Å². The van der Waals surface area contributed by atoms with Crippen LogP contribution in [-0.4, -0.2) is 72.6 Å². The summed E-state index contributed by atoms with van der Waals surface area (Å²) in [4.78, 5) is 24.0. The minimum atomic E-state index is -1.03. The fourth-order valence-corrected chi connectivity index (χ4v) is 1.72. The number of ether oxygens (including phenoxy) is 2. The van der Waals surface area contributed by atoms with Gasteiger partial charge in [0.1, 0.15) is 6.10 Å². The third-order valence-corrected chi connectivity index (χ3v) is 2.75. The van der Waals surface area contributed by atoms with Crippen molar-refractivity contribution >= 4 is 11.9 Å². The van der Waals surface area contributed by atoms with E-state index in [-0.39, 0.29) is 19.1 Å². The van der Waals surface area contributed by atoms with Crippen LogP contribution in [0.2, 0.25) is 0 Å². The first-order chi connectivity index (χ1) is 8.56. The van der Waals surface area contributed by atoms with E-state index in [0.29, 0.717) is 26.0 Å². The summed E-state index contributed by atoms with van der Waals surface area (Å²) >= 11 is 0. The lowest BCUT2D eigenvalue weighted by molar-refractivity contribution is -0.154. The summed E-state index contributed by atoms with van der Waals surface area (Å²) in [5, 5.41) is 17.3. The van der Waals surface area contributed by atoms with Crippen molar-refractivity contribution in [2.75, 3.05) is 33.4 Å². The van der Waals surface area contributed by atoms with Crippen molar-refractivity contribution in [3.05, 3.63) is 0 Å². The Balaban J connectivity index is 2.29. The predicted molar refractivity (Wildman–Crippen MR) is 61.1 cm³/mol. The van der Waals surface area contributed by atoms with Gasteiger partial charge in [-0.05, 0) is 12.8 Å². The Labute approximate surface area is 105 Å². The first-order valence-electron chi connectivity index (χ1n) is 5.88. The van der Waals surface area contributed by atoms with E-state index >= 15 is 0 Å². The number of carboxylic acid groups (broad SMARTS) is 1. The second kappa shape index (κ2) is 7.30. The number of carboxylic acids is 1. The van der Waals surface area contributed by atoms with Crippen LogP contribution in [0.4, 0.5) is 0 Å². The summed E-state index contributed by atoms with van der Waals surface area (Å²) in [6.45, 7) is 0.904. The molecular weight excluding hydrogens is 242 g/mol. The molecule has 0 aromatic carbocycles. The lowest BCUT2D eigenvalue weighted by Crippen LogP contribution is -2.39. The third kappa shape index (κ3) is 4.25. The second-order valence-electron chi connectivity index (χ2n) is 4.12. The number of aliphatic carboxylic acids is 1. The van der Waals surface area contributed by atoms with Crippen LogP contribution >= 0.6 is 0 Å². The maximum absolute atomic E-state index is 11.9. The van der Waals surface area contributed by atoms with Crippen LogP contribution in [-0.2, 0) is 19.1 Å². The van der Waals surface area contributed by atoms with Crippen LogP contribution in [0.5, 0.6) is 0 Å². The van der Waals surface area contributed by atoms with Gasteiger partial charge >= 0.3 is 5.97 Å². The number of amides is 1. The molecule has 1 aliphatic heterocycles. The largest absolute Gasteiger partial charge is 0.479 e. The standard InChI is InChI=1S/C11H19NO6/c1-12(4-6-17-7-5-13)10(14)8-2-3-9(18-8)11(15)16/h8-9,13H,2-7H2,1H3,(H,15,16)/t8-,9+/m0/s1. The summed E-state index contributed by atoms with van der Waals surface area (Å²) in [5.41, 5.74) is 0. The molecule has 0 aromatic heterocycles. The average Bonchev–Trinajstić information content (AvgIpc) is 2.83. The third-order valence-electron chi connectivity index (χ3n) is 2.75. The number of nitrogens with zero attached hydrogens (tertiary/aromatic N) is 1. The number of hydrogen-bond donors (Lipinski definition) is 2. The number of carbonyl (C=O) groups is 2. The Hall–Kier alpha value is -1.18. The molecule has 7 nitrogen and oxygen atoms in total. The van der Waals surface area contributed by atoms with E-state index in [2.05, 4.69) is 0 Å². The molecule has 1 amide bonds. The Morgan fingerprint density at radius 2 is 2.00 bits per heavy atom. The molecule has 0 saturated carbocycles. The highest BCUT2D eigenvalue weighted by molar-refractivity contribution is 5.82. The highest BCUT2D eigenvalue weighted by atomic mass is 16.5. The summed E-state index contributed by atoms with van der Waals surface area (Å²) < 4.78 is 10.2. The Kier molecular flexibility index (Phi) is 6.03. The number of carbonyl (C=O) groups excluding carboxylic acids is 1. The van der Waals surface area contributed by atoms with Crippen molar-refractivity contribution in [3.8, 4) is 0 Å². The van der Waals surface area contributed by atoms with Gasteiger partial charge in [-0.3, -0.25) is 4.79 Å². The van der Waals surface area contributed by atoms with Crippen molar-refractivity contribution < 1.29 is 29.3 Å². The van der Waals surface area contributed by atoms with E-state index in [0.717, 1.165) is 0 Å². The molecule has 1 aliphatic rings. The average molecular weight is 261 g/mol. The molecule has 7 heteroatoms. The quantitative estimate of drug-likeness (QED) is 0.576. The molecule has 0 radical (unpaired) electrons. The summed E-state index contributed by atoms with van der Waals surface area (Å²) in [6.07, 6.45) is -0.759. The molecule has 1 fully saturated rings. The molecule has 1 rings (SSSR count). The summed E-state index contributed by atoms with van der Waals surface area (Å²) in [7, 11) is 1.61. The number of rotatable bonds is 7. The van der Waals surface area contributed by atoms with Gasteiger partial charge < -0.3 is 24.6 Å². The molecule has 1 saturated heterocycles. The van der Waals surface area contributed by atoms with Crippen molar-refractivity contribution in [2.24, 2.45) is 0 Å². The molecule has 0 bridgehead atoms. The molecule has 0 aliphatic carbocycles. The molecule has 2 atom stereocenters. The molecule has 0 unspecified atom stereocenters. The highest BCUT2D eigenvalue weighted by Crippen LogP contribution is 2.21. The first-order valence-corrected chi connectivity index (χ1v) is 5.88. The number of aliphatic hydroxyl groups excluding tert-OH is 1. The zero-order valence-corrected chi connectivity index (χ0v) is 10.4. The molecule has 104 valence electrons. The molecule has 0 aromatic rings. The second-order valence-corrected chi connectivity index (χ2v) is 4.12. The topological polar surface area (TPSA) is 96.3 Å². The smallest absolute Gasteiger partial charge is 0.332 e. The molecular formula is C11H19NO6. The van der Waals surface area contributed by atoms with Crippen molar-refractivity contribution in [3.63, 3.8) is 0 Å². The monoisotopic (exact) mass is 261 g/mol. The van der Waals surface area contributed by atoms with Gasteiger partial charge in [0.15, 0.2) is 6.10 Å².